The van der Waals surface area contributed by atoms with Gasteiger partial charge in [-0.1, -0.05) is 29.4 Å². The molecule has 1 N–H and O–H groups in total. The van der Waals surface area contributed by atoms with Gasteiger partial charge in [0.1, 0.15) is 28.6 Å². The predicted octanol–water partition coefficient (Wildman–Crippen LogP) is 4.88. The van der Waals surface area contributed by atoms with Crippen LogP contribution in [0.3, 0.4) is 0 Å². The van der Waals surface area contributed by atoms with E-state index in [0.717, 1.165) is 5.56 Å². The second-order valence-electron chi connectivity index (χ2n) is 7.69. The largest absolute Gasteiger partial charge is 0.508 e. The maximum Gasteiger partial charge on any atom is 0.280 e. The number of halogens is 1. The lowest BCUT2D eigenvalue weighted by molar-refractivity contribution is 0.0708. The second-order valence-corrected chi connectivity index (χ2v) is 7.69. The molecule has 164 valence electrons. The number of hydrogen-bond donors (Lipinski definition) is 1. The van der Waals surface area contributed by atoms with E-state index in [-0.39, 0.29) is 11.3 Å². The Labute approximate surface area is 188 Å². The van der Waals surface area contributed by atoms with Crippen molar-refractivity contribution in [3.63, 3.8) is 0 Å². The molecular weight excluding hydrogens is 423 g/mol. The number of aromatic nitrogens is 2. The quantitative estimate of drug-likeness (QED) is 0.486. The first-order valence-corrected chi connectivity index (χ1v) is 10.3. The number of para-hydroxylation sites is 1. The van der Waals surface area contributed by atoms with Gasteiger partial charge in [-0.25, -0.2) is 9.40 Å². The first-order valence-electron chi connectivity index (χ1n) is 10.3. The second kappa shape index (κ2) is 8.31. The van der Waals surface area contributed by atoms with E-state index in [1.807, 2.05) is 6.07 Å². The van der Waals surface area contributed by atoms with Crippen molar-refractivity contribution >= 4 is 11.6 Å². The number of phenols is 1. The summed E-state index contributed by atoms with van der Waals surface area (Å²) < 4.78 is 18.8. The fraction of sp³-hybridized carbons (Fsp3) is 0.120. The zero-order chi connectivity index (χ0) is 22.9. The number of amides is 1. The van der Waals surface area contributed by atoms with E-state index in [2.05, 4.69) is 15.2 Å². The van der Waals surface area contributed by atoms with Crippen molar-refractivity contribution in [2.24, 2.45) is 5.10 Å². The summed E-state index contributed by atoms with van der Waals surface area (Å²) in [6, 6.07) is 15.7. The molecule has 8 heteroatoms. The zero-order valence-corrected chi connectivity index (χ0v) is 17.6. The van der Waals surface area contributed by atoms with Gasteiger partial charge in [0, 0.05) is 35.5 Å². The summed E-state index contributed by atoms with van der Waals surface area (Å²) in [7, 11) is 0. The Balaban J connectivity index is 1.60. The molecule has 7 nitrogen and oxygen atoms in total. The van der Waals surface area contributed by atoms with E-state index >= 15 is 0 Å². The minimum absolute atomic E-state index is 0.0729. The van der Waals surface area contributed by atoms with Crippen LogP contribution in [0.4, 0.5) is 4.39 Å². The van der Waals surface area contributed by atoms with Crippen molar-refractivity contribution in [3.8, 4) is 17.0 Å². The van der Waals surface area contributed by atoms with E-state index in [1.54, 1.807) is 49.6 Å². The van der Waals surface area contributed by atoms with Crippen LogP contribution in [0.1, 0.15) is 39.7 Å². The average Bonchev–Trinajstić information content (AvgIpc) is 3.44. The van der Waals surface area contributed by atoms with E-state index in [4.69, 9.17) is 4.52 Å². The number of carbonyl (C=O) groups is 1. The number of hydrazone groups is 1. The minimum Gasteiger partial charge on any atom is -0.508 e. The summed E-state index contributed by atoms with van der Waals surface area (Å²) >= 11 is 0. The number of carbonyl (C=O) groups excluding carboxylic acids is 1. The van der Waals surface area contributed by atoms with Crippen LogP contribution in [0.2, 0.25) is 0 Å². The molecule has 1 atom stereocenters. The molecule has 0 fully saturated rings. The van der Waals surface area contributed by atoms with Gasteiger partial charge in [-0.2, -0.15) is 5.10 Å². The molecule has 0 radical (unpaired) electrons. The van der Waals surface area contributed by atoms with E-state index in [1.165, 1.54) is 29.3 Å². The Hall–Kier alpha value is -4.33. The number of rotatable bonds is 4. The van der Waals surface area contributed by atoms with Gasteiger partial charge in [-0.05, 0) is 43.3 Å². The van der Waals surface area contributed by atoms with Gasteiger partial charge in [0.25, 0.3) is 5.91 Å². The molecule has 0 saturated heterocycles. The number of hydrogen-bond acceptors (Lipinski definition) is 6. The monoisotopic (exact) mass is 442 g/mol. The third-order valence-electron chi connectivity index (χ3n) is 5.60. The van der Waals surface area contributed by atoms with Crippen LogP contribution in [0, 0.1) is 12.7 Å². The standard InChI is InChI=1S/C25H19FN4O3/c1-15-23(24(29-33-15)16-8-10-18(26)11-9-16)25(32)30-21(19-6-2-3-7-22(19)31)13-20(28-30)17-5-4-12-27-14-17/h2-12,14,21,31H,13H2,1H3. The van der Waals surface area contributed by atoms with E-state index in [0.29, 0.717) is 34.7 Å². The highest BCUT2D eigenvalue weighted by atomic mass is 19.1. The fourth-order valence-electron chi connectivity index (χ4n) is 3.96. The SMILES string of the molecule is Cc1onc(-c2ccc(F)cc2)c1C(=O)N1N=C(c2cccnc2)CC1c1ccccc1O. The molecule has 0 aliphatic carbocycles. The molecule has 5 rings (SSSR count). The number of phenolic OH excluding ortho intramolecular Hbond substituents is 1. The van der Waals surface area contributed by atoms with Gasteiger partial charge in [0.2, 0.25) is 0 Å². The van der Waals surface area contributed by atoms with Crippen LogP contribution in [0.5, 0.6) is 5.75 Å². The highest BCUT2D eigenvalue weighted by molar-refractivity contribution is 6.06. The molecule has 2 aromatic carbocycles. The van der Waals surface area contributed by atoms with Crippen molar-refractivity contribution in [1.82, 2.24) is 15.1 Å². The molecule has 3 heterocycles. The normalized spacial score (nSPS) is 15.5. The van der Waals surface area contributed by atoms with Crippen LogP contribution in [0.15, 0.2) is 82.7 Å². The molecular formula is C25H19FN4O3. The molecule has 4 aromatic rings. The van der Waals surface area contributed by atoms with Crippen molar-refractivity contribution in [1.29, 1.82) is 0 Å². The first kappa shape index (κ1) is 20.6. The first-order chi connectivity index (χ1) is 16.0. The van der Waals surface area contributed by atoms with E-state index < -0.39 is 17.8 Å². The van der Waals surface area contributed by atoms with Crippen molar-refractivity contribution < 1.29 is 18.8 Å². The topological polar surface area (TPSA) is 91.8 Å². The van der Waals surface area contributed by atoms with Crippen LogP contribution >= 0.6 is 0 Å². The number of pyridine rings is 1. The molecule has 2 aromatic heterocycles. The molecule has 1 aliphatic heterocycles. The van der Waals surface area contributed by atoms with Crippen molar-refractivity contribution in [2.45, 2.75) is 19.4 Å². The Morgan fingerprint density at radius 3 is 2.61 bits per heavy atom. The van der Waals surface area contributed by atoms with Crippen molar-refractivity contribution in [2.75, 3.05) is 0 Å². The lowest BCUT2D eigenvalue weighted by atomic mass is 9.97. The average molecular weight is 442 g/mol. The Morgan fingerprint density at radius 1 is 1.09 bits per heavy atom. The van der Waals surface area contributed by atoms with Gasteiger partial charge in [0.15, 0.2) is 0 Å². The van der Waals surface area contributed by atoms with Gasteiger partial charge < -0.3 is 9.63 Å². The molecule has 0 bridgehead atoms. The third kappa shape index (κ3) is 3.76. The summed E-state index contributed by atoms with van der Waals surface area (Å²) in [5.41, 5.74) is 3.12. The predicted molar refractivity (Wildman–Crippen MR) is 119 cm³/mol. The van der Waals surface area contributed by atoms with Crippen molar-refractivity contribution in [3.05, 3.63) is 101 Å². The summed E-state index contributed by atoms with van der Waals surface area (Å²) in [5.74, 6) is -0.430. The number of benzene rings is 2. The Morgan fingerprint density at radius 2 is 1.88 bits per heavy atom. The van der Waals surface area contributed by atoms with Gasteiger partial charge in [-0.3, -0.25) is 9.78 Å². The van der Waals surface area contributed by atoms with Gasteiger partial charge in [-0.15, -0.1) is 0 Å². The maximum atomic E-state index is 13.8. The summed E-state index contributed by atoms with van der Waals surface area (Å²) in [5, 5.41) is 20.5. The lowest BCUT2D eigenvalue weighted by Gasteiger charge is -2.22. The van der Waals surface area contributed by atoms with Gasteiger partial charge >= 0.3 is 0 Å². The molecule has 0 saturated carbocycles. The van der Waals surface area contributed by atoms with Crippen LogP contribution in [0.25, 0.3) is 11.3 Å². The number of aromatic hydroxyl groups is 1. The highest BCUT2D eigenvalue weighted by Crippen LogP contribution is 2.39. The summed E-state index contributed by atoms with van der Waals surface area (Å²) in [4.78, 5) is 18.0. The number of aryl methyl sites for hydroxylation is 1. The third-order valence-corrected chi connectivity index (χ3v) is 5.60. The maximum absolute atomic E-state index is 13.8. The fourth-order valence-corrected chi connectivity index (χ4v) is 3.96. The Kier molecular flexibility index (Phi) is 5.18. The van der Waals surface area contributed by atoms with Gasteiger partial charge in [0.05, 0.1) is 11.8 Å². The van der Waals surface area contributed by atoms with Crippen LogP contribution in [-0.2, 0) is 0 Å². The zero-order valence-electron chi connectivity index (χ0n) is 17.6. The highest BCUT2D eigenvalue weighted by Gasteiger charge is 2.37. The molecule has 1 unspecified atom stereocenters. The Bertz CT molecular complexity index is 1350. The molecule has 0 spiro atoms. The van der Waals surface area contributed by atoms with E-state index in [9.17, 15) is 14.3 Å². The van der Waals surface area contributed by atoms with Crippen LogP contribution < -0.4 is 0 Å². The summed E-state index contributed by atoms with van der Waals surface area (Å²) in [6.07, 6.45) is 3.74. The molecule has 33 heavy (non-hydrogen) atoms. The lowest BCUT2D eigenvalue weighted by Crippen LogP contribution is -2.27. The number of nitrogens with zero attached hydrogens (tertiary/aromatic N) is 4. The van der Waals surface area contributed by atoms with Crippen LogP contribution in [-0.4, -0.2) is 31.9 Å². The molecule has 1 amide bonds. The minimum atomic E-state index is -0.538. The molecule has 1 aliphatic rings. The smallest absolute Gasteiger partial charge is 0.280 e. The summed E-state index contributed by atoms with van der Waals surface area (Å²) in [6.45, 7) is 1.64.